The van der Waals surface area contributed by atoms with Gasteiger partial charge in [0.2, 0.25) is 0 Å². The van der Waals surface area contributed by atoms with E-state index in [-0.39, 0.29) is 12.5 Å². The Kier molecular flexibility index (Phi) is 7.28. The molecule has 0 atom stereocenters. The predicted octanol–water partition coefficient (Wildman–Crippen LogP) is 3.83. The summed E-state index contributed by atoms with van der Waals surface area (Å²) in [5.74, 6) is 0.179. The highest BCUT2D eigenvalue weighted by Gasteiger charge is 2.11. The van der Waals surface area contributed by atoms with Gasteiger partial charge in [-0.2, -0.15) is 10.2 Å². The number of carbonyl (C=O) groups excluding carboxylic acids is 1. The molecule has 0 saturated heterocycles. The molecular formula is C17H20Cl2N4O2. The van der Waals surface area contributed by atoms with Gasteiger partial charge in [-0.15, -0.1) is 0 Å². The molecular weight excluding hydrogens is 363 g/mol. The Morgan fingerprint density at radius 1 is 1.36 bits per heavy atom. The molecule has 134 valence electrons. The summed E-state index contributed by atoms with van der Waals surface area (Å²) in [4.78, 5) is 11.8. The van der Waals surface area contributed by atoms with Crippen molar-refractivity contribution in [2.45, 2.75) is 33.2 Å². The van der Waals surface area contributed by atoms with Crippen molar-refractivity contribution < 1.29 is 9.53 Å². The number of unbranched alkanes of at least 4 members (excludes halogenated alkanes) is 1. The molecule has 1 aromatic heterocycles. The summed E-state index contributed by atoms with van der Waals surface area (Å²) in [7, 11) is 0. The number of halogens is 2. The predicted molar refractivity (Wildman–Crippen MR) is 99.6 cm³/mol. The highest BCUT2D eigenvalue weighted by Crippen LogP contribution is 2.18. The maximum absolute atomic E-state index is 11.8. The molecule has 2 aromatic rings. The van der Waals surface area contributed by atoms with Crippen LogP contribution in [0.5, 0.6) is 5.75 Å². The van der Waals surface area contributed by atoms with Gasteiger partial charge in [0.05, 0.1) is 17.5 Å². The van der Waals surface area contributed by atoms with Crippen LogP contribution in [0, 0.1) is 6.92 Å². The maximum Gasteiger partial charge on any atom is 0.277 e. The molecule has 2 rings (SSSR count). The highest BCUT2D eigenvalue weighted by atomic mass is 35.5. The number of hydrogen-bond donors (Lipinski definition) is 1. The zero-order valence-corrected chi connectivity index (χ0v) is 15.6. The lowest BCUT2D eigenvalue weighted by Gasteiger charge is -2.04. The van der Waals surface area contributed by atoms with Crippen molar-refractivity contribution in [2.24, 2.45) is 5.10 Å². The minimum absolute atomic E-state index is 0.151. The molecule has 6 nitrogen and oxygen atoms in total. The van der Waals surface area contributed by atoms with Crippen LogP contribution in [0.3, 0.4) is 0 Å². The third-order valence-electron chi connectivity index (χ3n) is 3.40. The quantitative estimate of drug-likeness (QED) is 0.557. The molecule has 0 bridgehead atoms. The normalized spacial score (nSPS) is 11.0. The van der Waals surface area contributed by atoms with E-state index in [2.05, 4.69) is 22.5 Å². The van der Waals surface area contributed by atoms with Crippen molar-refractivity contribution in [3.63, 3.8) is 0 Å². The number of hydrazone groups is 1. The van der Waals surface area contributed by atoms with E-state index in [4.69, 9.17) is 27.9 Å². The van der Waals surface area contributed by atoms with Crippen LogP contribution >= 0.6 is 23.2 Å². The van der Waals surface area contributed by atoms with Gasteiger partial charge in [0.15, 0.2) is 6.61 Å². The van der Waals surface area contributed by atoms with Crippen molar-refractivity contribution >= 4 is 35.3 Å². The van der Waals surface area contributed by atoms with Gasteiger partial charge in [0, 0.05) is 11.6 Å². The Bertz CT molecular complexity index is 742. The fourth-order valence-corrected chi connectivity index (χ4v) is 2.48. The van der Waals surface area contributed by atoms with Crippen LogP contribution in [0.2, 0.25) is 10.2 Å². The van der Waals surface area contributed by atoms with Crippen molar-refractivity contribution in [3.8, 4) is 5.75 Å². The van der Waals surface area contributed by atoms with E-state index in [9.17, 15) is 4.79 Å². The topological polar surface area (TPSA) is 68.5 Å². The van der Waals surface area contributed by atoms with Gasteiger partial charge in [0.1, 0.15) is 10.9 Å². The SMILES string of the molecule is CCCCn1nc(C)c(/C=N\NC(=O)COc2ccc(Cl)cc2)c1Cl. The Labute approximate surface area is 156 Å². The fourth-order valence-electron chi connectivity index (χ4n) is 2.05. The van der Waals surface area contributed by atoms with Crippen LogP contribution in [0.1, 0.15) is 31.0 Å². The van der Waals surface area contributed by atoms with Crippen LogP contribution in [-0.2, 0) is 11.3 Å². The zero-order chi connectivity index (χ0) is 18.2. The van der Waals surface area contributed by atoms with E-state index in [1.54, 1.807) is 28.9 Å². The molecule has 1 N–H and O–H groups in total. The van der Waals surface area contributed by atoms with E-state index in [0.29, 0.717) is 21.5 Å². The molecule has 0 aliphatic carbocycles. The monoisotopic (exact) mass is 382 g/mol. The van der Waals surface area contributed by atoms with Gasteiger partial charge in [-0.3, -0.25) is 9.48 Å². The average molecular weight is 383 g/mol. The summed E-state index contributed by atoms with van der Waals surface area (Å²) in [6.45, 7) is 4.56. The number of nitrogens with zero attached hydrogens (tertiary/aromatic N) is 3. The Balaban J connectivity index is 1.86. The van der Waals surface area contributed by atoms with E-state index >= 15 is 0 Å². The number of hydrogen-bond acceptors (Lipinski definition) is 4. The molecule has 0 fully saturated rings. The molecule has 0 saturated carbocycles. The number of aromatic nitrogens is 2. The number of aryl methyl sites for hydroxylation is 2. The molecule has 8 heteroatoms. The van der Waals surface area contributed by atoms with Gasteiger partial charge in [-0.25, -0.2) is 5.43 Å². The summed E-state index contributed by atoms with van der Waals surface area (Å²) in [6.07, 6.45) is 3.55. The summed E-state index contributed by atoms with van der Waals surface area (Å²) in [6, 6.07) is 6.75. The van der Waals surface area contributed by atoms with Crippen LogP contribution in [0.4, 0.5) is 0 Å². The number of rotatable bonds is 8. The average Bonchev–Trinajstić information content (AvgIpc) is 2.87. The van der Waals surface area contributed by atoms with Gasteiger partial charge in [-0.1, -0.05) is 36.5 Å². The minimum atomic E-state index is -0.377. The lowest BCUT2D eigenvalue weighted by Crippen LogP contribution is -2.24. The number of carbonyl (C=O) groups is 1. The largest absolute Gasteiger partial charge is 0.484 e. The number of nitrogens with one attached hydrogen (secondary N) is 1. The minimum Gasteiger partial charge on any atom is -0.484 e. The first-order valence-corrected chi connectivity index (χ1v) is 8.70. The molecule has 0 radical (unpaired) electrons. The van der Waals surface area contributed by atoms with Crippen LogP contribution in [-0.4, -0.2) is 28.5 Å². The standard InChI is InChI=1S/C17H20Cl2N4O2/c1-3-4-9-23-17(19)15(12(2)22-23)10-20-21-16(24)11-25-14-7-5-13(18)6-8-14/h5-8,10H,3-4,9,11H2,1-2H3,(H,21,24)/b20-10-. The summed E-state index contributed by atoms with van der Waals surface area (Å²) in [5, 5.41) is 9.41. The first-order valence-electron chi connectivity index (χ1n) is 7.94. The van der Waals surface area contributed by atoms with Crippen molar-refractivity contribution in [2.75, 3.05) is 6.61 Å². The van der Waals surface area contributed by atoms with Crippen molar-refractivity contribution in [1.29, 1.82) is 0 Å². The van der Waals surface area contributed by atoms with Crippen molar-refractivity contribution in [1.82, 2.24) is 15.2 Å². The maximum atomic E-state index is 11.8. The Morgan fingerprint density at radius 3 is 2.76 bits per heavy atom. The van der Waals surface area contributed by atoms with E-state index in [1.807, 2.05) is 6.92 Å². The second-order valence-corrected chi connectivity index (χ2v) is 6.20. The Hall–Kier alpha value is -2.05. The Morgan fingerprint density at radius 2 is 2.08 bits per heavy atom. The molecule has 25 heavy (non-hydrogen) atoms. The zero-order valence-electron chi connectivity index (χ0n) is 14.1. The van der Waals surface area contributed by atoms with Crippen LogP contribution in [0.25, 0.3) is 0 Å². The molecule has 1 heterocycles. The first kappa shape index (κ1) is 19.3. The molecule has 0 aliphatic rings. The van der Waals surface area contributed by atoms with Gasteiger partial charge < -0.3 is 4.74 Å². The fraction of sp³-hybridized carbons (Fsp3) is 0.353. The number of ether oxygens (including phenoxy) is 1. The smallest absolute Gasteiger partial charge is 0.277 e. The van der Waals surface area contributed by atoms with Gasteiger partial charge in [-0.05, 0) is 37.6 Å². The summed E-state index contributed by atoms with van der Waals surface area (Å²) >= 11 is 12.1. The number of benzene rings is 1. The summed E-state index contributed by atoms with van der Waals surface area (Å²) in [5.41, 5.74) is 3.86. The summed E-state index contributed by atoms with van der Waals surface area (Å²) < 4.78 is 7.08. The highest BCUT2D eigenvalue weighted by molar-refractivity contribution is 6.32. The van der Waals surface area contributed by atoms with E-state index in [0.717, 1.165) is 25.1 Å². The first-order chi connectivity index (χ1) is 12.0. The second-order valence-electron chi connectivity index (χ2n) is 5.40. The van der Waals surface area contributed by atoms with Gasteiger partial charge in [0.25, 0.3) is 5.91 Å². The molecule has 1 aromatic carbocycles. The molecule has 0 unspecified atom stereocenters. The third kappa shape index (κ3) is 5.76. The molecule has 1 amide bonds. The van der Waals surface area contributed by atoms with Crippen LogP contribution < -0.4 is 10.2 Å². The van der Waals surface area contributed by atoms with Gasteiger partial charge >= 0.3 is 0 Å². The lowest BCUT2D eigenvalue weighted by molar-refractivity contribution is -0.123. The second kappa shape index (κ2) is 9.44. The van der Waals surface area contributed by atoms with Crippen LogP contribution in [0.15, 0.2) is 29.4 Å². The molecule has 0 aliphatic heterocycles. The van der Waals surface area contributed by atoms with Crippen molar-refractivity contribution in [3.05, 3.63) is 45.7 Å². The van der Waals surface area contributed by atoms with E-state index in [1.165, 1.54) is 6.21 Å². The number of amides is 1. The van der Waals surface area contributed by atoms with E-state index < -0.39 is 0 Å². The molecule has 0 spiro atoms. The third-order valence-corrected chi connectivity index (χ3v) is 4.05. The lowest BCUT2D eigenvalue weighted by atomic mass is 10.3.